The maximum atomic E-state index is 11.2. The summed E-state index contributed by atoms with van der Waals surface area (Å²) in [6.07, 6.45) is 6.70. The van der Waals surface area contributed by atoms with Crippen molar-refractivity contribution < 1.29 is 9.53 Å². The molecule has 2 aromatic rings. The number of nitrogens with one attached hydrogen (secondary N) is 1. The topological polar surface area (TPSA) is 90.1 Å². The molecular weight excluding hydrogens is 316 g/mol. The summed E-state index contributed by atoms with van der Waals surface area (Å²) in [7, 11) is 0. The van der Waals surface area contributed by atoms with Gasteiger partial charge in [0.15, 0.2) is 0 Å². The minimum atomic E-state index is -0.554. The monoisotopic (exact) mass is 332 g/mol. The average molecular weight is 333 g/mol. The van der Waals surface area contributed by atoms with E-state index in [1.54, 1.807) is 12.4 Å². The second-order valence-electron chi connectivity index (χ2n) is 5.38. The Morgan fingerprint density at radius 3 is 2.87 bits per heavy atom. The van der Waals surface area contributed by atoms with E-state index in [4.69, 9.17) is 22.1 Å². The SMILES string of the molecule is NC(=O)c1cnc(N[C@H]2CCCO[C@@H]2c2ccncc2)c(Cl)c1. The van der Waals surface area contributed by atoms with Crippen molar-refractivity contribution in [2.75, 3.05) is 11.9 Å². The summed E-state index contributed by atoms with van der Waals surface area (Å²) in [6, 6.07) is 5.44. The second kappa shape index (κ2) is 6.93. The summed E-state index contributed by atoms with van der Waals surface area (Å²) in [5, 5.41) is 3.68. The van der Waals surface area contributed by atoms with Crippen LogP contribution in [-0.4, -0.2) is 28.5 Å². The highest BCUT2D eigenvalue weighted by molar-refractivity contribution is 6.33. The molecular formula is C16H17ClN4O2. The van der Waals surface area contributed by atoms with Crippen molar-refractivity contribution in [1.29, 1.82) is 0 Å². The van der Waals surface area contributed by atoms with Crippen molar-refractivity contribution >= 4 is 23.3 Å². The zero-order chi connectivity index (χ0) is 16.2. The predicted octanol–water partition coefficient (Wildman–Crippen LogP) is 2.56. The van der Waals surface area contributed by atoms with Crippen molar-refractivity contribution in [3.63, 3.8) is 0 Å². The molecule has 23 heavy (non-hydrogen) atoms. The molecule has 6 nitrogen and oxygen atoms in total. The van der Waals surface area contributed by atoms with Gasteiger partial charge in [0.1, 0.15) is 11.9 Å². The highest BCUT2D eigenvalue weighted by atomic mass is 35.5. The van der Waals surface area contributed by atoms with Gasteiger partial charge in [-0.1, -0.05) is 11.6 Å². The summed E-state index contributed by atoms with van der Waals surface area (Å²) in [5.74, 6) is -0.0344. The molecule has 1 saturated heterocycles. The van der Waals surface area contributed by atoms with E-state index in [0.29, 0.717) is 17.4 Å². The largest absolute Gasteiger partial charge is 0.371 e. The number of nitrogens with two attached hydrogens (primary N) is 1. The lowest BCUT2D eigenvalue weighted by Gasteiger charge is -2.33. The first kappa shape index (κ1) is 15.7. The summed E-state index contributed by atoms with van der Waals surface area (Å²) >= 11 is 6.20. The molecule has 0 aromatic carbocycles. The van der Waals surface area contributed by atoms with Crippen LogP contribution in [-0.2, 0) is 4.74 Å². The van der Waals surface area contributed by atoms with Crippen LogP contribution in [0, 0.1) is 0 Å². The van der Waals surface area contributed by atoms with E-state index in [-0.39, 0.29) is 17.7 Å². The highest BCUT2D eigenvalue weighted by Gasteiger charge is 2.28. The number of primary amides is 1. The molecule has 2 aromatic heterocycles. The first-order valence-corrected chi connectivity index (χ1v) is 7.76. The summed E-state index contributed by atoms with van der Waals surface area (Å²) in [4.78, 5) is 19.4. The molecule has 0 radical (unpaired) electrons. The number of ether oxygens (including phenoxy) is 1. The molecule has 0 bridgehead atoms. The second-order valence-corrected chi connectivity index (χ2v) is 5.79. The number of rotatable bonds is 4. The molecule has 1 amide bonds. The Hall–Kier alpha value is -2.18. The van der Waals surface area contributed by atoms with Gasteiger partial charge in [-0.2, -0.15) is 0 Å². The Morgan fingerprint density at radius 1 is 1.39 bits per heavy atom. The fourth-order valence-electron chi connectivity index (χ4n) is 2.67. The maximum Gasteiger partial charge on any atom is 0.250 e. The molecule has 120 valence electrons. The lowest BCUT2D eigenvalue weighted by molar-refractivity contribution is 0.00551. The van der Waals surface area contributed by atoms with Gasteiger partial charge >= 0.3 is 0 Å². The van der Waals surface area contributed by atoms with Gasteiger partial charge in [0, 0.05) is 25.2 Å². The van der Waals surface area contributed by atoms with E-state index >= 15 is 0 Å². The van der Waals surface area contributed by atoms with E-state index in [0.717, 1.165) is 18.4 Å². The van der Waals surface area contributed by atoms with Gasteiger partial charge in [0.25, 0.3) is 0 Å². The molecule has 1 aliphatic rings. The van der Waals surface area contributed by atoms with Crippen molar-refractivity contribution in [2.45, 2.75) is 25.0 Å². The predicted molar refractivity (Wildman–Crippen MR) is 87.3 cm³/mol. The van der Waals surface area contributed by atoms with Crippen molar-refractivity contribution in [3.8, 4) is 0 Å². The molecule has 1 fully saturated rings. The number of pyridine rings is 2. The van der Waals surface area contributed by atoms with E-state index < -0.39 is 5.91 Å². The van der Waals surface area contributed by atoms with Crippen LogP contribution in [0.2, 0.25) is 5.02 Å². The van der Waals surface area contributed by atoms with Gasteiger partial charge in [-0.05, 0) is 36.6 Å². The first-order valence-electron chi connectivity index (χ1n) is 7.38. The quantitative estimate of drug-likeness (QED) is 0.898. The first-order chi connectivity index (χ1) is 11.1. The van der Waals surface area contributed by atoms with Crippen LogP contribution in [0.5, 0.6) is 0 Å². The lowest BCUT2D eigenvalue weighted by atomic mass is 9.96. The minimum absolute atomic E-state index is 0.0376. The molecule has 2 atom stereocenters. The zero-order valence-corrected chi connectivity index (χ0v) is 13.2. The van der Waals surface area contributed by atoms with Crippen LogP contribution in [0.25, 0.3) is 0 Å². The molecule has 0 saturated carbocycles. The van der Waals surface area contributed by atoms with Crippen LogP contribution >= 0.6 is 11.6 Å². The number of aromatic nitrogens is 2. The third kappa shape index (κ3) is 3.60. The maximum absolute atomic E-state index is 11.2. The molecule has 0 aliphatic carbocycles. The van der Waals surface area contributed by atoms with Crippen LogP contribution < -0.4 is 11.1 Å². The molecule has 1 aliphatic heterocycles. The van der Waals surface area contributed by atoms with Crippen LogP contribution in [0.3, 0.4) is 0 Å². The molecule has 7 heteroatoms. The van der Waals surface area contributed by atoms with Crippen LogP contribution in [0.15, 0.2) is 36.8 Å². The fraction of sp³-hybridized carbons (Fsp3) is 0.312. The Labute approximate surface area is 139 Å². The van der Waals surface area contributed by atoms with Crippen LogP contribution in [0.1, 0.15) is 34.9 Å². The van der Waals surface area contributed by atoms with Gasteiger partial charge in [0.2, 0.25) is 5.91 Å². The number of nitrogens with zero attached hydrogens (tertiary/aromatic N) is 2. The molecule has 3 rings (SSSR count). The average Bonchev–Trinajstić information content (AvgIpc) is 2.58. The number of halogens is 1. The Morgan fingerprint density at radius 2 is 2.17 bits per heavy atom. The summed E-state index contributed by atoms with van der Waals surface area (Å²) < 4.78 is 5.92. The lowest BCUT2D eigenvalue weighted by Crippen LogP contribution is -2.34. The number of hydrogen-bond acceptors (Lipinski definition) is 5. The number of carbonyl (C=O) groups is 1. The number of anilines is 1. The Kier molecular flexibility index (Phi) is 4.73. The third-order valence-corrected chi connectivity index (χ3v) is 4.09. The zero-order valence-electron chi connectivity index (χ0n) is 12.4. The smallest absolute Gasteiger partial charge is 0.250 e. The van der Waals surface area contributed by atoms with E-state index in [1.807, 2.05) is 12.1 Å². The normalized spacial score (nSPS) is 20.9. The van der Waals surface area contributed by atoms with Gasteiger partial charge in [0.05, 0.1) is 16.6 Å². The summed E-state index contributed by atoms with van der Waals surface area (Å²) in [5.41, 5.74) is 6.57. The summed E-state index contributed by atoms with van der Waals surface area (Å²) in [6.45, 7) is 0.715. The highest BCUT2D eigenvalue weighted by Crippen LogP contribution is 2.31. The van der Waals surface area contributed by atoms with Crippen molar-refractivity contribution in [3.05, 3.63) is 52.9 Å². The number of hydrogen-bond donors (Lipinski definition) is 2. The molecule has 3 heterocycles. The number of amides is 1. The molecule has 3 N–H and O–H groups in total. The van der Waals surface area contributed by atoms with Gasteiger partial charge < -0.3 is 15.8 Å². The minimum Gasteiger partial charge on any atom is -0.371 e. The standard InChI is InChI=1S/C16H17ClN4O2/c17-12-8-11(15(18)22)9-20-16(12)21-13-2-1-7-23-14(13)10-3-5-19-6-4-10/h3-6,8-9,13-14H,1-2,7H2,(H2,18,22)(H,20,21)/t13-,14+/m0/s1. The molecule has 0 unspecified atom stereocenters. The number of carbonyl (C=O) groups excluding carboxylic acids is 1. The van der Waals surface area contributed by atoms with Gasteiger partial charge in [-0.15, -0.1) is 0 Å². The van der Waals surface area contributed by atoms with E-state index in [9.17, 15) is 4.79 Å². The van der Waals surface area contributed by atoms with Gasteiger partial charge in [-0.3, -0.25) is 9.78 Å². The molecule has 0 spiro atoms. The van der Waals surface area contributed by atoms with Crippen molar-refractivity contribution in [2.24, 2.45) is 5.73 Å². The third-order valence-electron chi connectivity index (χ3n) is 3.80. The van der Waals surface area contributed by atoms with Crippen LogP contribution in [0.4, 0.5) is 5.82 Å². The Balaban J connectivity index is 1.81. The van der Waals surface area contributed by atoms with E-state index in [1.165, 1.54) is 12.3 Å². The van der Waals surface area contributed by atoms with Gasteiger partial charge in [-0.25, -0.2) is 4.98 Å². The fourth-order valence-corrected chi connectivity index (χ4v) is 2.89. The van der Waals surface area contributed by atoms with E-state index in [2.05, 4.69) is 15.3 Å². The van der Waals surface area contributed by atoms with Crippen molar-refractivity contribution in [1.82, 2.24) is 9.97 Å². The Bertz CT molecular complexity index is 696.